The largest absolute Gasteiger partial charge is 0.335 e. The molecule has 1 aromatic carbocycles. The van der Waals surface area contributed by atoms with Gasteiger partial charge in [0.2, 0.25) is 11.8 Å². The van der Waals surface area contributed by atoms with E-state index in [2.05, 4.69) is 5.32 Å². The van der Waals surface area contributed by atoms with E-state index in [9.17, 15) is 14.4 Å². The zero-order chi connectivity index (χ0) is 15.0. The molecule has 1 N–H and O–H groups in total. The molecule has 1 aromatic rings. The lowest BCUT2D eigenvalue weighted by molar-refractivity contribution is -0.134. The number of carbonyl (C=O) groups is 3. The minimum atomic E-state index is -0.763. The van der Waals surface area contributed by atoms with Gasteiger partial charge in [0.25, 0.3) is 0 Å². The first kappa shape index (κ1) is 13.8. The van der Waals surface area contributed by atoms with Gasteiger partial charge in [0.15, 0.2) is 0 Å². The van der Waals surface area contributed by atoms with Crippen LogP contribution in [-0.2, 0) is 22.4 Å². The van der Waals surface area contributed by atoms with Crippen molar-refractivity contribution in [3.63, 3.8) is 0 Å². The molecule has 1 unspecified atom stereocenters. The number of nitrogens with zero attached hydrogens (tertiary/aromatic N) is 1. The van der Waals surface area contributed by atoms with Crippen molar-refractivity contribution >= 4 is 23.5 Å². The molecule has 4 amide bonds. The summed E-state index contributed by atoms with van der Waals surface area (Å²) in [7, 11) is 0. The van der Waals surface area contributed by atoms with Gasteiger partial charge in [-0.25, -0.2) is 9.69 Å². The molecule has 1 saturated heterocycles. The summed E-state index contributed by atoms with van der Waals surface area (Å²) >= 11 is 0. The van der Waals surface area contributed by atoms with Crippen LogP contribution in [-0.4, -0.2) is 17.8 Å². The molecule has 5 nitrogen and oxygen atoms in total. The number of imide groups is 2. The second kappa shape index (κ2) is 5.31. The number of fused-ring (bicyclic) bond motifs is 1. The number of aryl methyl sites for hydroxylation is 2. The van der Waals surface area contributed by atoms with Crippen LogP contribution in [0.5, 0.6) is 0 Å². The summed E-state index contributed by atoms with van der Waals surface area (Å²) in [6.45, 7) is 1.91. The molecule has 1 atom stereocenters. The molecular formula is C16H18N2O3. The third-order valence-electron chi connectivity index (χ3n) is 4.19. The number of amides is 4. The Hall–Kier alpha value is -2.17. The van der Waals surface area contributed by atoms with Crippen molar-refractivity contribution in [2.24, 2.45) is 5.92 Å². The molecule has 0 saturated carbocycles. The lowest BCUT2D eigenvalue weighted by atomic mass is 9.98. The molecule has 0 aromatic heterocycles. The van der Waals surface area contributed by atoms with E-state index >= 15 is 0 Å². The Balaban J connectivity index is 1.94. The number of anilines is 1. The van der Waals surface area contributed by atoms with Gasteiger partial charge in [-0.1, -0.05) is 19.4 Å². The van der Waals surface area contributed by atoms with Gasteiger partial charge in [-0.3, -0.25) is 14.9 Å². The highest BCUT2D eigenvalue weighted by Gasteiger charge is 2.40. The Morgan fingerprint density at radius 3 is 2.71 bits per heavy atom. The summed E-state index contributed by atoms with van der Waals surface area (Å²) < 4.78 is 0. The average molecular weight is 286 g/mol. The number of hydrogen-bond acceptors (Lipinski definition) is 3. The molecule has 5 heteroatoms. The van der Waals surface area contributed by atoms with Crippen LogP contribution in [0, 0.1) is 5.92 Å². The Labute approximate surface area is 123 Å². The van der Waals surface area contributed by atoms with Gasteiger partial charge >= 0.3 is 6.03 Å². The molecule has 1 aliphatic heterocycles. The van der Waals surface area contributed by atoms with Gasteiger partial charge in [-0.2, -0.15) is 0 Å². The molecule has 1 aliphatic carbocycles. The smallest absolute Gasteiger partial charge is 0.277 e. The Kier molecular flexibility index (Phi) is 3.49. The van der Waals surface area contributed by atoms with E-state index in [1.165, 1.54) is 11.1 Å². The molecule has 3 rings (SSSR count). The van der Waals surface area contributed by atoms with Gasteiger partial charge < -0.3 is 0 Å². The van der Waals surface area contributed by atoms with E-state index in [0.717, 1.165) is 30.6 Å². The summed E-state index contributed by atoms with van der Waals surface area (Å²) in [5, 5.41) is 2.29. The maximum Gasteiger partial charge on any atom is 0.335 e. The molecular weight excluding hydrogens is 268 g/mol. The van der Waals surface area contributed by atoms with Crippen molar-refractivity contribution < 1.29 is 14.4 Å². The third kappa shape index (κ3) is 2.33. The maximum absolute atomic E-state index is 12.5. The fourth-order valence-electron chi connectivity index (χ4n) is 3.10. The van der Waals surface area contributed by atoms with Gasteiger partial charge in [0, 0.05) is 0 Å². The number of urea groups is 1. The standard InChI is InChI=1S/C16H18N2O3/c1-2-4-13-14(19)17-16(21)18(15(13)20)12-8-7-10-5-3-6-11(10)9-12/h7-9,13H,2-6H2,1H3,(H,17,19,21). The molecule has 2 aliphatic rings. The number of rotatable bonds is 3. The molecule has 0 radical (unpaired) electrons. The Morgan fingerprint density at radius 2 is 1.95 bits per heavy atom. The van der Waals surface area contributed by atoms with Crippen LogP contribution in [0.1, 0.15) is 37.3 Å². The van der Waals surface area contributed by atoms with Crippen LogP contribution in [0.4, 0.5) is 10.5 Å². The van der Waals surface area contributed by atoms with Gasteiger partial charge in [-0.15, -0.1) is 0 Å². The monoisotopic (exact) mass is 286 g/mol. The fraction of sp³-hybridized carbons (Fsp3) is 0.438. The maximum atomic E-state index is 12.5. The normalized spacial score (nSPS) is 21.5. The van der Waals surface area contributed by atoms with Crippen molar-refractivity contribution in [2.45, 2.75) is 39.0 Å². The first-order chi connectivity index (χ1) is 10.1. The Morgan fingerprint density at radius 1 is 1.19 bits per heavy atom. The summed E-state index contributed by atoms with van der Waals surface area (Å²) in [5.41, 5.74) is 3.04. The van der Waals surface area contributed by atoms with E-state index in [-0.39, 0.29) is 0 Å². The minimum Gasteiger partial charge on any atom is -0.277 e. The second-order valence-electron chi connectivity index (χ2n) is 5.62. The molecule has 1 heterocycles. The van der Waals surface area contributed by atoms with E-state index in [1.807, 2.05) is 19.1 Å². The second-order valence-corrected chi connectivity index (χ2v) is 5.62. The van der Waals surface area contributed by atoms with Gasteiger partial charge in [-0.05, 0) is 48.9 Å². The van der Waals surface area contributed by atoms with Gasteiger partial charge in [0.05, 0.1) is 5.69 Å². The highest BCUT2D eigenvalue weighted by Crippen LogP contribution is 2.29. The number of barbiturate groups is 1. The lowest BCUT2D eigenvalue weighted by Gasteiger charge is -2.30. The predicted molar refractivity (Wildman–Crippen MR) is 77.9 cm³/mol. The number of benzene rings is 1. The first-order valence-electron chi connectivity index (χ1n) is 7.42. The number of hydrogen-bond donors (Lipinski definition) is 1. The van der Waals surface area contributed by atoms with E-state index in [1.54, 1.807) is 6.07 Å². The molecule has 0 spiro atoms. The summed E-state index contributed by atoms with van der Waals surface area (Å²) in [6, 6.07) is 5.03. The number of carbonyl (C=O) groups excluding carboxylic acids is 3. The van der Waals surface area contributed by atoms with Gasteiger partial charge in [0.1, 0.15) is 5.92 Å². The topological polar surface area (TPSA) is 66.5 Å². The number of nitrogens with one attached hydrogen (secondary N) is 1. The molecule has 110 valence electrons. The van der Waals surface area contributed by atoms with Crippen molar-refractivity contribution in [2.75, 3.05) is 4.90 Å². The average Bonchev–Trinajstić information content (AvgIpc) is 2.91. The quantitative estimate of drug-likeness (QED) is 0.866. The van der Waals surface area contributed by atoms with Crippen LogP contribution >= 0.6 is 0 Å². The molecule has 21 heavy (non-hydrogen) atoms. The van der Waals surface area contributed by atoms with E-state index < -0.39 is 23.8 Å². The van der Waals surface area contributed by atoms with Crippen molar-refractivity contribution in [1.29, 1.82) is 0 Å². The van der Waals surface area contributed by atoms with Crippen molar-refractivity contribution in [1.82, 2.24) is 5.32 Å². The van der Waals surface area contributed by atoms with Crippen LogP contribution in [0.25, 0.3) is 0 Å². The van der Waals surface area contributed by atoms with Crippen LogP contribution < -0.4 is 10.2 Å². The summed E-state index contributed by atoms with van der Waals surface area (Å²) in [5.74, 6) is -1.66. The first-order valence-corrected chi connectivity index (χ1v) is 7.42. The SMILES string of the molecule is CCCC1C(=O)NC(=O)N(c2ccc3c(c2)CCC3)C1=O. The zero-order valence-corrected chi connectivity index (χ0v) is 12.0. The summed E-state index contributed by atoms with van der Waals surface area (Å²) in [4.78, 5) is 37.4. The van der Waals surface area contributed by atoms with E-state index in [4.69, 9.17) is 0 Å². The minimum absolute atomic E-state index is 0.413. The lowest BCUT2D eigenvalue weighted by Crippen LogP contribution is -2.58. The van der Waals surface area contributed by atoms with Crippen LogP contribution in [0.15, 0.2) is 18.2 Å². The van der Waals surface area contributed by atoms with Crippen LogP contribution in [0.3, 0.4) is 0 Å². The van der Waals surface area contributed by atoms with Crippen LogP contribution in [0.2, 0.25) is 0 Å². The predicted octanol–water partition coefficient (Wildman–Crippen LogP) is 2.17. The fourth-order valence-corrected chi connectivity index (χ4v) is 3.10. The molecule has 1 fully saturated rings. The molecule has 0 bridgehead atoms. The zero-order valence-electron chi connectivity index (χ0n) is 12.0. The van der Waals surface area contributed by atoms with Crippen molar-refractivity contribution in [3.05, 3.63) is 29.3 Å². The highest BCUT2D eigenvalue weighted by molar-refractivity contribution is 6.27. The summed E-state index contributed by atoms with van der Waals surface area (Å²) in [6.07, 6.45) is 4.31. The van der Waals surface area contributed by atoms with Crippen molar-refractivity contribution in [3.8, 4) is 0 Å². The van der Waals surface area contributed by atoms with E-state index in [0.29, 0.717) is 12.1 Å². The highest BCUT2D eigenvalue weighted by atomic mass is 16.2. The Bertz CT molecular complexity index is 624. The third-order valence-corrected chi connectivity index (χ3v) is 4.19.